The van der Waals surface area contributed by atoms with E-state index in [1.165, 1.54) is 12.2 Å². The predicted molar refractivity (Wildman–Crippen MR) is 168 cm³/mol. The van der Waals surface area contributed by atoms with Gasteiger partial charge in [0.25, 0.3) is 0 Å². The molecule has 1 aliphatic heterocycles. The van der Waals surface area contributed by atoms with Gasteiger partial charge in [0.2, 0.25) is 0 Å². The summed E-state index contributed by atoms with van der Waals surface area (Å²) in [6.45, 7) is 12.4. The van der Waals surface area contributed by atoms with E-state index in [1.54, 1.807) is 26.0 Å². The molecule has 0 atom stereocenters. The van der Waals surface area contributed by atoms with Gasteiger partial charge in [-0.25, -0.2) is 9.59 Å². The lowest BCUT2D eigenvalue weighted by molar-refractivity contribution is -0.138. The molecule has 0 amide bonds. The second kappa shape index (κ2) is 13.2. The summed E-state index contributed by atoms with van der Waals surface area (Å²) in [4.78, 5) is 25.6. The molecule has 7 nitrogen and oxygen atoms in total. The third-order valence-electron chi connectivity index (χ3n) is 7.38. The minimum absolute atomic E-state index is 0.335. The molecule has 0 saturated carbocycles. The number of ether oxygens (including phenoxy) is 2. The summed E-state index contributed by atoms with van der Waals surface area (Å²) in [7, 11) is -0.451. The highest BCUT2D eigenvalue weighted by Gasteiger charge is 2.51. The van der Waals surface area contributed by atoms with Gasteiger partial charge in [0.1, 0.15) is 0 Å². The summed E-state index contributed by atoms with van der Waals surface area (Å²) in [5.74, 6) is -0.746. The van der Waals surface area contributed by atoms with E-state index in [2.05, 4.69) is 4.90 Å². The molecule has 0 aromatic heterocycles. The molecule has 1 fully saturated rings. The zero-order valence-electron chi connectivity index (χ0n) is 25.1. The summed E-state index contributed by atoms with van der Waals surface area (Å²) in [5, 5.41) is 0. The van der Waals surface area contributed by atoms with Crippen molar-refractivity contribution >= 4 is 53.7 Å². The number of carbonyl (C=O) groups is 2. The highest BCUT2D eigenvalue weighted by atomic mass is 16.7. The van der Waals surface area contributed by atoms with Crippen molar-refractivity contribution in [3.05, 3.63) is 96.1 Å². The quantitative estimate of drug-likeness (QED) is 0.155. The standard InChI is InChI=1S/C34H38BNO6/c1-7-39-31(37)23-13-25-9-17-28(18-10-25)36(29-19-11-26(12-20-29)14-24-32(38)40-8-2)30-21-15-27(16-22-30)35-41-33(3,4)34(5,6)42-35/h9-24H,7-8H2,1-6H3. The first-order valence-corrected chi connectivity index (χ1v) is 14.2. The number of nitrogens with zero attached hydrogens (tertiary/aromatic N) is 1. The molecule has 0 radical (unpaired) electrons. The van der Waals surface area contributed by atoms with Crippen molar-refractivity contribution < 1.29 is 28.4 Å². The van der Waals surface area contributed by atoms with Crippen molar-refractivity contribution in [3.63, 3.8) is 0 Å². The second-order valence-corrected chi connectivity index (χ2v) is 10.9. The largest absolute Gasteiger partial charge is 0.494 e. The number of benzene rings is 3. The Morgan fingerprint density at radius 3 is 1.38 bits per heavy atom. The summed E-state index contributed by atoms with van der Waals surface area (Å²) in [5.41, 5.74) is 4.66. The Bertz CT molecular complexity index is 1340. The summed E-state index contributed by atoms with van der Waals surface area (Å²) in [6.07, 6.45) is 6.31. The van der Waals surface area contributed by atoms with Gasteiger partial charge in [0.15, 0.2) is 0 Å². The van der Waals surface area contributed by atoms with Crippen molar-refractivity contribution in [2.45, 2.75) is 52.7 Å². The number of hydrogen-bond acceptors (Lipinski definition) is 7. The van der Waals surface area contributed by atoms with Gasteiger partial charge in [0, 0.05) is 29.2 Å². The van der Waals surface area contributed by atoms with Crippen LogP contribution in [0.2, 0.25) is 0 Å². The van der Waals surface area contributed by atoms with E-state index >= 15 is 0 Å². The van der Waals surface area contributed by atoms with Crippen LogP contribution in [-0.2, 0) is 28.4 Å². The molecule has 0 aliphatic carbocycles. The molecule has 1 aliphatic rings. The van der Waals surface area contributed by atoms with Crippen molar-refractivity contribution in [2.24, 2.45) is 0 Å². The van der Waals surface area contributed by atoms with Gasteiger partial charge in [-0.15, -0.1) is 0 Å². The molecule has 0 unspecified atom stereocenters. The van der Waals surface area contributed by atoms with Crippen LogP contribution >= 0.6 is 0 Å². The zero-order chi connectivity index (χ0) is 30.3. The molecule has 0 bridgehead atoms. The molecule has 8 heteroatoms. The second-order valence-electron chi connectivity index (χ2n) is 10.9. The monoisotopic (exact) mass is 567 g/mol. The van der Waals surface area contributed by atoms with Gasteiger partial charge in [-0.3, -0.25) is 0 Å². The fourth-order valence-corrected chi connectivity index (χ4v) is 4.39. The molecule has 1 heterocycles. The number of anilines is 3. The first kappa shape index (κ1) is 30.8. The number of esters is 2. The molecule has 3 aromatic rings. The molecular formula is C34H38BNO6. The van der Waals surface area contributed by atoms with Gasteiger partial charge >= 0.3 is 19.1 Å². The van der Waals surface area contributed by atoms with Crippen LogP contribution in [0.1, 0.15) is 52.7 Å². The topological polar surface area (TPSA) is 74.3 Å². The molecule has 218 valence electrons. The Labute approximate surface area is 248 Å². The molecule has 0 spiro atoms. The molecule has 4 rings (SSSR count). The predicted octanol–water partition coefficient (Wildman–Crippen LogP) is 6.61. The summed E-state index contributed by atoms with van der Waals surface area (Å²) in [6, 6.07) is 24.0. The fraction of sp³-hybridized carbons (Fsp3) is 0.294. The Morgan fingerprint density at radius 1 is 0.667 bits per heavy atom. The maximum Gasteiger partial charge on any atom is 0.494 e. The van der Waals surface area contributed by atoms with E-state index in [-0.39, 0.29) is 11.9 Å². The van der Waals surface area contributed by atoms with Crippen molar-refractivity contribution in [2.75, 3.05) is 18.1 Å². The van der Waals surface area contributed by atoms with Crippen LogP contribution in [0.4, 0.5) is 17.1 Å². The molecule has 0 N–H and O–H groups in total. The van der Waals surface area contributed by atoms with Crippen LogP contribution in [0.15, 0.2) is 84.9 Å². The van der Waals surface area contributed by atoms with Gasteiger partial charge < -0.3 is 23.7 Å². The van der Waals surface area contributed by atoms with Crippen LogP contribution in [0.3, 0.4) is 0 Å². The van der Waals surface area contributed by atoms with Gasteiger partial charge in [-0.1, -0.05) is 36.4 Å². The van der Waals surface area contributed by atoms with Gasteiger partial charge in [0.05, 0.1) is 24.4 Å². The van der Waals surface area contributed by atoms with Crippen molar-refractivity contribution in [1.82, 2.24) is 0 Å². The maximum atomic E-state index is 11.7. The molecule has 1 saturated heterocycles. The van der Waals surface area contributed by atoms with E-state index in [0.717, 1.165) is 33.7 Å². The number of hydrogen-bond donors (Lipinski definition) is 0. The van der Waals surface area contributed by atoms with Crippen LogP contribution in [-0.4, -0.2) is 43.5 Å². The lowest BCUT2D eigenvalue weighted by Crippen LogP contribution is -2.41. The van der Waals surface area contributed by atoms with Crippen LogP contribution in [0.25, 0.3) is 12.2 Å². The maximum absolute atomic E-state index is 11.7. The minimum atomic E-state index is -0.451. The Kier molecular flexibility index (Phi) is 9.71. The Balaban J connectivity index is 1.64. The number of carbonyl (C=O) groups excluding carboxylic acids is 2. The highest BCUT2D eigenvalue weighted by Crippen LogP contribution is 2.38. The van der Waals surface area contributed by atoms with Crippen molar-refractivity contribution in [1.29, 1.82) is 0 Å². The fourth-order valence-electron chi connectivity index (χ4n) is 4.39. The Morgan fingerprint density at radius 2 is 1.02 bits per heavy atom. The van der Waals surface area contributed by atoms with Crippen LogP contribution < -0.4 is 10.4 Å². The van der Waals surface area contributed by atoms with Gasteiger partial charge in [-0.2, -0.15) is 0 Å². The normalized spacial score (nSPS) is 15.7. The Hall–Kier alpha value is -4.14. The molecule has 3 aromatic carbocycles. The zero-order valence-corrected chi connectivity index (χ0v) is 25.1. The third-order valence-corrected chi connectivity index (χ3v) is 7.38. The molecule has 42 heavy (non-hydrogen) atoms. The first-order valence-electron chi connectivity index (χ1n) is 14.2. The smallest absolute Gasteiger partial charge is 0.463 e. The lowest BCUT2D eigenvalue weighted by Gasteiger charge is -2.32. The van der Waals surface area contributed by atoms with E-state index in [9.17, 15) is 9.59 Å². The van der Waals surface area contributed by atoms with Crippen LogP contribution in [0.5, 0.6) is 0 Å². The third kappa shape index (κ3) is 7.38. The molecular weight excluding hydrogens is 529 g/mol. The highest BCUT2D eigenvalue weighted by molar-refractivity contribution is 6.62. The van der Waals surface area contributed by atoms with E-state index in [1.807, 2.05) is 100 Å². The lowest BCUT2D eigenvalue weighted by atomic mass is 9.79. The minimum Gasteiger partial charge on any atom is -0.463 e. The van der Waals surface area contributed by atoms with E-state index < -0.39 is 18.3 Å². The summed E-state index contributed by atoms with van der Waals surface area (Å²) >= 11 is 0. The van der Waals surface area contributed by atoms with Crippen molar-refractivity contribution in [3.8, 4) is 0 Å². The van der Waals surface area contributed by atoms with E-state index in [0.29, 0.717) is 13.2 Å². The number of rotatable bonds is 10. The van der Waals surface area contributed by atoms with Gasteiger partial charge in [-0.05, 0) is 107 Å². The first-order chi connectivity index (χ1) is 20.0. The van der Waals surface area contributed by atoms with E-state index in [4.69, 9.17) is 18.8 Å². The van der Waals surface area contributed by atoms with Crippen LogP contribution in [0, 0.1) is 0 Å². The average Bonchev–Trinajstić information content (AvgIpc) is 3.19. The summed E-state index contributed by atoms with van der Waals surface area (Å²) < 4.78 is 22.4. The average molecular weight is 567 g/mol. The SMILES string of the molecule is CCOC(=O)C=Cc1ccc(N(c2ccc(C=CC(=O)OCC)cc2)c2ccc(B3OC(C)(C)C(C)(C)O3)cc2)cc1.